The Morgan fingerprint density at radius 3 is 2.15 bits per heavy atom. The molecule has 178 valence electrons. The molecule has 0 aliphatic carbocycles. The maximum Gasteiger partial charge on any atom is 0.257 e. The third-order valence-electron chi connectivity index (χ3n) is 5.98. The Balaban J connectivity index is 1.54. The van der Waals surface area contributed by atoms with Crippen molar-refractivity contribution in [3.05, 3.63) is 90.0 Å². The molecule has 0 spiro atoms. The van der Waals surface area contributed by atoms with Crippen LogP contribution in [0.25, 0.3) is 0 Å². The SMILES string of the molecule is CN1CCN(c2ccc(NC(=O)c3ccccc3N(Cc3ccccc3)S(C)(=O)=O)cc2)CC1. The van der Waals surface area contributed by atoms with Crippen molar-refractivity contribution in [1.29, 1.82) is 0 Å². The molecule has 1 fully saturated rings. The number of sulfonamides is 1. The van der Waals surface area contributed by atoms with Gasteiger partial charge in [-0.1, -0.05) is 42.5 Å². The van der Waals surface area contributed by atoms with Crippen molar-refractivity contribution in [3.63, 3.8) is 0 Å². The van der Waals surface area contributed by atoms with Gasteiger partial charge < -0.3 is 15.1 Å². The summed E-state index contributed by atoms with van der Waals surface area (Å²) < 4.78 is 26.6. The summed E-state index contributed by atoms with van der Waals surface area (Å²) in [6.07, 6.45) is 1.15. The molecule has 1 saturated heterocycles. The van der Waals surface area contributed by atoms with E-state index in [2.05, 4.69) is 22.2 Å². The third-order valence-corrected chi connectivity index (χ3v) is 7.11. The van der Waals surface area contributed by atoms with Crippen LogP contribution in [0.2, 0.25) is 0 Å². The van der Waals surface area contributed by atoms with E-state index < -0.39 is 10.0 Å². The van der Waals surface area contributed by atoms with Gasteiger partial charge >= 0.3 is 0 Å². The van der Waals surface area contributed by atoms with Gasteiger partial charge in [-0.25, -0.2) is 8.42 Å². The smallest absolute Gasteiger partial charge is 0.257 e. The molecule has 0 saturated carbocycles. The molecule has 3 aromatic carbocycles. The predicted octanol–water partition coefficient (Wildman–Crippen LogP) is 3.66. The largest absolute Gasteiger partial charge is 0.369 e. The normalized spacial score (nSPS) is 14.6. The second-order valence-corrected chi connectivity index (χ2v) is 10.5. The number of para-hydroxylation sites is 1. The van der Waals surface area contributed by atoms with Gasteiger partial charge in [-0.3, -0.25) is 9.10 Å². The van der Waals surface area contributed by atoms with Crippen molar-refractivity contribution in [2.75, 3.05) is 54.0 Å². The van der Waals surface area contributed by atoms with Gasteiger partial charge in [0.2, 0.25) is 10.0 Å². The van der Waals surface area contributed by atoms with E-state index in [9.17, 15) is 13.2 Å². The number of likely N-dealkylation sites (N-methyl/N-ethyl adjacent to an activating group) is 1. The molecule has 4 rings (SSSR count). The number of hydrogen-bond donors (Lipinski definition) is 1. The number of carbonyl (C=O) groups excluding carboxylic acids is 1. The lowest BCUT2D eigenvalue weighted by atomic mass is 10.1. The number of rotatable bonds is 7. The number of anilines is 3. The van der Waals surface area contributed by atoms with E-state index in [1.54, 1.807) is 24.3 Å². The zero-order valence-corrected chi connectivity index (χ0v) is 20.3. The molecule has 0 radical (unpaired) electrons. The summed E-state index contributed by atoms with van der Waals surface area (Å²) in [6, 6.07) is 23.9. The second-order valence-electron chi connectivity index (χ2n) is 8.56. The number of benzene rings is 3. The molecule has 0 aromatic heterocycles. The third kappa shape index (κ3) is 5.76. The second kappa shape index (κ2) is 10.3. The van der Waals surface area contributed by atoms with Crippen molar-refractivity contribution in [1.82, 2.24) is 4.90 Å². The van der Waals surface area contributed by atoms with Gasteiger partial charge in [0.25, 0.3) is 5.91 Å². The van der Waals surface area contributed by atoms with Crippen LogP contribution in [0.1, 0.15) is 15.9 Å². The van der Waals surface area contributed by atoms with E-state index in [0.717, 1.165) is 43.7 Å². The number of piperazine rings is 1. The Kier molecular flexibility index (Phi) is 7.19. The molecule has 8 heteroatoms. The first-order valence-electron chi connectivity index (χ1n) is 11.3. The molecule has 1 aliphatic heterocycles. The van der Waals surface area contributed by atoms with E-state index in [1.165, 1.54) is 4.31 Å². The standard InChI is InChI=1S/C26H30N4O3S/c1-28-16-18-29(19-17-28)23-14-12-22(13-15-23)27-26(31)24-10-6-7-11-25(24)30(34(2,32)33)20-21-8-4-3-5-9-21/h3-15H,16-20H2,1-2H3,(H,27,31). The molecule has 34 heavy (non-hydrogen) atoms. The Bertz CT molecular complexity index is 1220. The van der Waals surface area contributed by atoms with Crippen molar-refractivity contribution < 1.29 is 13.2 Å². The lowest BCUT2D eigenvalue weighted by Crippen LogP contribution is -2.44. The maximum absolute atomic E-state index is 13.2. The summed E-state index contributed by atoms with van der Waals surface area (Å²) in [4.78, 5) is 17.8. The summed E-state index contributed by atoms with van der Waals surface area (Å²) in [5.74, 6) is -0.357. The summed E-state index contributed by atoms with van der Waals surface area (Å²) in [7, 11) is -1.50. The van der Waals surface area contributed by atoms with E-state index in [4.69, 9.17) is 0 Å². The van der Waals surface area contributed by atoms with Crippen LogP contribution in [-0.4, -0.2) is 58.7 Å². The van der Waals surface area contributed by atoms with Gasteiger partial charge in [-0.05, 0) is 49.0 Å². The zero-order valence-electron chi connectivity index (χ0n) is 19.5. The Labute approximate surface area is 201 Å². The van der Waals surface area contributed by atoms with Crippen LogP contribution in [0.4, 0.5) is 17.1 Å². The van der Waals surface area contributed by atoms with Crippen LogP contribution in [-0.2, 0) is 16.6 Å². The van der Waals surface area contributed by atoms with Crippen LogP contribution < -0.4 is 14.5 Å². The van der Waals surface area contributed by atoms with Crippen molar-refractivity contribution in [2.24, 2.45) is 0 Å². The quantitative estimate of drug-likeness (QED) is 0.561. The molecule has 0 atom stereocenters. The Morgan fingerprint density at radius 1 is 0.882 bits per heavy atom. The number of nitrogens with one attached hydrogen (secondary N) is 1. The van der Waals surface area contributed by atoms with Gasteiger partial charge in [-0.15, -0.1) is 0 Å². The zero-order chi connectivity index (χ0) is 24.1. The number of nitrogens with zero attached hydrogens (tertiary/aromatic N) is 3. The lowest BCUT2D eigenvalue weighted by molar-refractivity contribution is 0.102. The van der Waals surface area contributed by atoms with Gasteiger partial charge in [0.15, 0.2) is 0 Å². The van der Waals surface area contributed by atoms with Crippen LogP contribution in [0.5, 0.6) is 0 Å². The minimum atomic E-state index is -3.62. The van der Waals surface area contributed by atoms with Crippen LogP contribution in [0, 0.1) is 0 Å². The van der Waals surface area contributed by atoms with Crippen molar-refractivity contribution >= 4 is 33.0 Å². The molecule has 0 unspecified atom stereocenters. The molecule has 7 nitrogen and oxygen atoms in total. The average Bonchev–Trinajstić information content (AvgIpc) is 2.83. The van der Waals surface area contributed by atoms with Crippen LogP contribution >= 0.6 is 0 Å². The van der Waals surface area contributed by atoms with Gasteiger partial charge in [-0.2, -0.15) is 0 Å². The summed E-state index contributed by atoms with van der Waals surface area (Å²) in [5, 5.41) is 2.92. The van der Waals surface area contributed by atoms with Crippen molar-refractivity contribution in [3.8, 4) is 0 Å². The van der Waals surface area contributed by atoms with Crippen LogP contribution in [0.3, 0.4) is 0 Å². The Hall–Kier alpha value is -3.36. The number of carbonyl (C=O) groups is 1. The highest BCUT2D eigenvalue weighted by Gasteiger charge is 2.23. The summed E-state index contributed by atoms with van der Waals surface area (Å²) in [6.45, 7) is 4.13. The number of amides is 1. The highest BCUT2D eigenvalue weighted by Crippen LogP contribution is 2.27. The summed E-state index contributed by atoms with van der Waals surface area (Å²) in [5.41, 5.74) is 3.26. The minimum absolute atomic E-state index is 0.143. The fraction of sp³-hybridized carbons (Fsp3) is 0.269. The predicted molar refractivity (Wildman–Crippen MR) is 138 cm³/mol. The van der Waals surface area contributed by atoms with Crippen LogP contribution in [0.15, 0.2) is 78.9 Å². The first-order valence-corrected chi connectivity index (χ1v) is 13.1. The highest BCUT2D eigenvalue weighted by molar-refractivity contribution is 7.92. The fourth-order valence-electron chi connectivity index (χ4n) is 4.03. The maximum atomic E-state index is 13.2. The lowest BCUT2D eigenvalue weighted by Gasteiger charge is -2.34. The van der Waals surface area contributed by atoms with Gasteiger partial charge in [0.05, 0.1) is 24.1 Å². The minimum Gasteiger partial charge on any atom is -0.369 e. The molecule has 1 aliphatic rings. The number of hydrogen-bond acceptors (Lipinski definition) is 5. The first-order chi connectivity index (χ1) is 16.3. The van der Waals surface area contributed by atoms with E-state index in [1.807, 2.05) is 54.6 Å². The van der Waals surface area contributed by atoms with Gasteiger partial charge in [0.1, 0.15) is 0 Å². The average molecular weight is 479 g/mol. The monoisotopic (exact) mass is 478 g/mol. The topological polar surface area (TPSA) is 73.0 Å². The molecule has 1 N–H and O–H groups in total. The van der Waals surface area contributed by atoms with Crippen molar-refractivity contribution in [2.45, 2.75) is 6.54 Å². The molecule has 3 aromatic rings. The molecule has 1 heterocycles. The fourth-order valence-corrected chi connectivity index (χ4v) is 4.93. The Morgan fingerprint density at radius 2 is 1.50 bits per heavy atom. The van der Waals surface area contributed by atoms with E-state index in [-0.39, 0.29) is 12.5 Å². The van der Waals surface area contributed by atoms with E-state index >= 15 is 0 Å². The van der Waals surface area contributed by atoms with Gasteiger partial charge in [0, 0.05) is 37.6 Å². The first kappa shape index (κ1) is 23.8. The molecule has 0 bridgehead atoms. The summed E-state index contributed by atoms with van der Waals surface area (Å²) >= 11 is 0. The molecule has 1 amide bonds. The molecular formula is C26H30N4O3S. The highest BCUT2D eigenvalue weighted by atomic mass is 32.2. The molecular weight excluding hydrogens is 448 g/mol. The van der Waals surface area contributed by atoms with E-state index in [0.29, 0.717) is 16.9 Å².